The number of benzene rings is 2. The zero-order chi connectivity index (χ0) is 31.7. The van der Waals surface area contributed by atoms with Crippen LogP contribution in [0.25, 0.3) is 16.7 Å². The zero-order valence-electron chi connectivity index (χ0n) is 25.0. The van der Waals surface area contributed by atoms with E-state index in [1.54, 1.807) is 31.2 Å². The number of carbonyl (C=O) groups is 1. The molecule has 0 fully saturated rings. The van der Waals surface area contributed by atoms with Crippen LogP contribution in [0.3, 0.4) is 0 Å². The number of alkyl halides is 3. The summed E-state index contributed by atoms with van der Waals surface area (Å²) >= 11 is 0. The van der Waals surface area contributed by atoms with E-state index in [-0.39, 0.29) is 34.7 Å². The normalized spacial score (nSPS) is 13.0. The van der Waals surface area contributed by atoms with Crippen molar-refractivity contribution in [3.05, 3.63) is 99.5 Å². The molecule has 1 atom stereocenters. The molecule has 4 rings (SSSR count). The molecule has 1 amide bonds. The quantitative estimate of drug-likeness (QED) is 0.229. The highest BCUT2D eigenvalue weighted by molar-refractivity contribution is 5.79. The molecule has 0 saturated heterocycles. The van der Waals surface area contributed by atoms with Crippen molar-refractivity contribution in [2.24, 2.45) is 0 Å². The summed E-state index contributed by atoms with van der Waals surface area (Å²) in [6.07, 6.45) is -3.79. The van der Waals surface area contributed by atoms with Crippen LogP contribution in [0, 0.1) is 12.7 Å². The number of halogens is 4. The maximum atomic E-state index is 14.0. The zero-order valence-corrected chi connectivity index (χ0v) is 25.0. The van der Waals surface area contributed by atoms with Gasteiger partial charge in [0.1, 0.15) is 11.6 Å². The van der Waals surface area contributed by atoms with Gasteiger partial charge in [-0.05, 0) is 83.6 Å². The number of likely N-dealkylation sites (N-methyl/N-ethyl adjacent to an activating group) is 1. The Bertz CT molecular complexity index is 1680. The molecule has 0 saturated carbocycles. The molecule has 0 N–H and O–H groups in total. The van der Waals surface area contributed by atoms with Crippen LogP contribution in [-0.4, -0.2) is 55.9 Å². The fourth-order valence-electron chi connectivity index (χ4n) is 4.70. The van der Waals surface area contributed by atoms with Gasteiger partial charge in [-0.25, -0.2) is 14.4 Å². The van der Waals surface area contributed by atoms with Gasteiger partial charge in [-0.2, -0.15) is 13.2 Å². The van der Waals surface area contributed by atoms with Gasteiger partial charge >= 0.3 is 6.18 Å². The molecule has 0 spiro atoms. The lowest BCUT2D eigenvalue weighted by molar-refractivity contribution is -0.140. The molecule has 0 aliphatic rings. The molecule has 43 heavy (non-hydrogen) atoms. The maximum Gasteiger partial charge on any atom is 0.419 e. The van der Waals surface area contributed by atoms with E-state index in [2.05, 4.69) is 4.98 Å². The van der Waals surface area contributed by atoms with Crippen molar-refractivity contribution in [2.75, 3.05) is 20.1 Å². The molecule has 0 radical (unpaired) electrons. The summed E-state index contributed by atoms with van der Waals surface area (Å²) in [4.78, 5) is 40.2. The number of nitrogens with zero attached hydrogens (tertiary/aromatic N) is 5. The monoisotopic (exact) mass is 597 g/mol. The van der Waals surface area contributed by atoms with Gasteiger partial charge in [0.15, 0.2) is 5.65 Å². The van der Waals surface area contributed by atoms with Crippen LogP contribution >= 0.6 is 0 Å². The topological polar surface area (TPSA) is 71.3 Å². The van der Waals surface area contributed by atoms with Crippen molar-refractivity contribution >= 4 is 16.9 Å². The highest BCUT2D eigenvalue weighted by Gasteiger charge is 2.35. The number of carbonyl (C=O) groups excluding carboxylic acids is 1. The molecule has 11 heteroatoms. The predicted octanol–water partition coefficient (Wildman–Crippen LogP) is 6.11. The highest BCUT2D eigenvalue weighted by Crippen LogP contribution is 2.32. The van der Waals surface area contributed by atoms with Crippen molar-refractivity contribution in [1.29, 1.82) is 0 Å². The molecule has 7 nitrogen and oxygen atoms in total. The van der Waals surface area contributed by atoms with Crippen LogP contribution in [0.2, 0.25) is 0 Å². The first-order valence-corrected chi connectivity index (χ1v) is 13.9. The van der Waals surface area contributed by atoms with Gasteiger partial charge in [0, 0.05) is 24.8 Å². The average molecular weight is 598 g/mol. The van der Waals surface area contributed by atoms with E-state index in [1.807, 2.05) is 51.8 Å². The summed E-state index contributed by atoms with van der Waals surface area (Å²) < 4.78 is 55.6. The number of fused-ring (bicyclic) bond motifs is 1. The van der Waals surface area contributed by atoms with Crippen LogP contribution in [0.5, 0.6) is 0 Å². The second kappa shape index (κ2) is 12.2. The van der Waals surface area contributed by atoms with Gasteiger partial charge < -0.3 is 4.90 Å². The third kappa shape index (κ3) is 7.10. The van der Waals surface area contributed by atoms with Crippen LogP contribution < -0.4 is 5.56 Å². The van der Waals surface area contributed by atoms with E-state index < -0.39 is 35.9 Å². The van der Waals surface area contributed by atoms with Gasteiger partial charge in [0.2, 0.25) is 5.91 Å². The molecular formula is C32H35F4N5O2. The summed E-state index contributed by atoms with van der Waals surface area (Å²) in [5.74, 6) is -1.65. The Balaban J connectivity index is 1.82. The van der Waals surface area contributed by atoms with Crippen LogP contribution in [0.15, 0.2) is 65.6 Å². The third-order valence-corrected chi connectivity index (χ3v) is 7.64. The number of amides is 1. The van der Waals surface area contributed by atoms with E-state index >= 15 is 0 Å². The molecule has 0 aliphatic heterocycles. The first-order valence-electron chi connectivity index (χ1n) is 13.9. The largest absolute Gasteiger partial charge is 0.419 e. The Morgan fingerprint density at radius 3 is 2.33 bits per heavy atom. The lowest BCUT2D eigenvalue weighted by Gasteiger charge is -2.36. The second-order valence-corrected chi connectivity index (χ2v) is 11.7. The Hall–Kier alpha value is -4.12. The number of aromatic nitrogens is 3. The Kier molecular flexibility index (Phi) is 9.05. The van der Waals surface area contributed by atoms with Gasteiger partial charge in [-0.15, -0.1) is 0 Å². The van der Waals surface area contributed by atoms with Crippen molar-refractivity contribution in [2.45, 2.75) is 58.8 Å². The van der Waals surface area contributed by atoms with Crippen molar-refractivity contribution < 1.29 is 22.4 Å². The lowest BCUT2D eigenvalue weighted by Crippen LogP contribution is -2.46. The summed E-state index contributed by atoms with van der Waals surface area (Å²) in [5.41, 5.74) is -0.262. The van der Waals surface area contributed by atoms with E-state index in [9.17, 15) is 27.2 Å². The number of hydrogen-bond acceptors (Lipinski definition) is 5. The second-order valence-electron chi connectivity index (χ2n) is 11.7. The molecule has 0 unspecified atom stereocenters. The molecular weight excluding hydrogens is 562 g/mol. The molecule has 2 heterocycles. The smallest absolute Gasteiger partial charge is 0.331 e. The fraction of sp³-hybridized carbons (Fsp3) is 0.375. The highest BCUT2D eigenvalue weighted by atomic mass is 19.4. The van der Waals surface area contributed by atoms with Gasteiger partial charge in [-0.3, -0.25) is 19.1 Å². The van der Waals surface area contributed by atoms with E-state index in [4.69, 9.17) is 4.98 Å². The Morgan fingerprint density at radius 1 is 1.02 bits per heavy atom. The molecule has 0 bridgehead atoms. The number of pyridine rings is 1. The fourth-order valence-corrected chi connectivity index (χ4v) is 4.70. The van der Waals surface area contributed by atoms with E-state index in [0.29, 0.717) is 23.7 Å². The van der Waals surface area contributed by atoms with Crippen LogP contribution in [0.1, 0.15) is 56.3 Å². The minimum Gasteiger partial charge on any atom is -0.331 e. The van der Waals surface area contributed by atoms with E-state index in [0.717, 1.165) is 11.6 Å². The molecule has 228 valence electrons. The first kappa shape index (κ1) is 31.8. The summed E-state index contributed by atoms with van der Waals surface area (Å²) in [6, 6.07) is 12.3. The minimum atomic E-state index is -4.91. The maximum absolute atomic E-state index is 14.0. The van der Waals surface area contributed by atoms with E-state index in [1.165, 1.54) is 21.7 Å². The van der Waals surface area contributed by atoms with Crippen molar-refractivity contribution in [1.82, 2.24) is 24.3 Å². The molecule has 2 aromatic heterocycles. The molecule has 0 aliphatic carbocycles. The number of aryl methyl sites for hydroxylation is 1. The summed E-state index contributed by atoms with van der Waals surface area (Å²) in [6.45, 7) is 10.3. The van der Waals surface area contributed by atoms with Gasteiger partial charge in [0.25, 0.3) is 5.56 Å². The Morgan fingerprint density at radius 2 is 1.70 bits per heavy atom. The van der Waals surface area contributed by atoms with Crippen molar-refractivity contribution in [3.8, 4) is 5.69 Å². The van der Waals surface area contributed by atoms with Crippen LogP contribution in [-0.2, 0) is 17.4 Å². The minimum absolute atomic E-state index is 0.0177. The summed E-state index contributed by atoms with van der Waals surface area (Å²) in [7, 11) is 1.91. The predicted molar refractivity (Wildman–Crippen MR) is 157 cm³/mol. The standard InChI is InChI=1S/C32H35F4N5O2/c1-20-9-12-23(13-10-20)41-29(38-28-24(30(41)43)8-7-15-37-28)21(2)40(17-16-39(6)31(3,4)5)27(42)19-22-11-14-26(33)25(18-22)32(34,35)36/h7-15,18,21H,16-17,19H2,1-6H3/t21-/m1/s1. The van der Waals surface area contributed by atoms with Crippen LogP contribution in [0.4, 0.5) is 17.6 Å². The summed E-state index contributed by atoms with van der Waals surface area (Å²) in [5, 5.41) is 0.301. The lowest BCUT2D eigenvalue weighted by atomic mass is 10.0. The SMILES string of the molecule is Cc1ccc(-n2c([C@@H](C)N(CCN(C)C(C)(C)C)C(=O)Cc3ccc(F)c(C(F)(F)F)c3)nc3ncccc3c2=O)cc1. The molecule has 4 aromatic rings. The average Bonchev–Trinajstić information content (AvgIpc) is 2.93. The van der Waals surface area contributed by atoms with Gasteiger partial charge in [-0.1, -0.05) is 23.8 Å². The number of hydrogen-bond donors (Lipinski definition) is 0. The Labute approximate surface area is 247 Å². The van der Waals surface area contributed by atoms with Gasteiger partial charge in [0.05, 0.1) is 29.1 Å². The third-order valence-electron chi connectivity index (χ3n) is 7.64. The number of rotatable bonds is 8. The van der Waals surface area contributed by atoms with Crippen molar-refractivity contribution in [3.63, 3.8) is 0 Å². The first-order chi connectivity index (χ1) is 20.1. The molecule has 2 aromatic carbocycles.